The molecule has 21 heavy (non-hydrogen) atoms. The van der Waals surface area contributed by atoms with E-state index >= 15 is 0 Å². The van der Waals surface area contributed by atoms with Gasteiger partial charge in [-0.25, -0.2) is 4.98 Å². The Morgan fingerprint density at radius 2 is 1.86 bits per heavy atom. The first-order valence-electron chi connectivity index (χ1n) is 7.52. The molecule has 2 aromatic rings. The van der Waals surface area contributed by atoms with Crippen molar-refractivity contribution in [3.8, 4) is 5.88 Å². The fourth-order valence-corrected chi connectivity index (χ4v) is 1.98. The third-order valence-corrected chi connectivity index (χ3v) is 3.22. The minimum atomic E-state index is 0.523. The van der Waals surface area contributed by atoms with Crippen LogP contribution in [-0.4, -0.2) is 16.5 Å². The lowest BCUT2D eigenvalue weighted by Crippen LogP contribution is -2.10. The molecular formula is C17H23N3O. The SMILES string of the molecule is CCCNc1nc(CC)nc(OCc2ccccc2)c1C. The molecule has 0 unspecified atom stereocenters. The molecule has 1 heterocycles. The number of hydrogen-bond donors (Lipinski definition) is 1. The van der Waals surface area contributed by atoms with E-state index in [9.17, 15) is 0 Å². The zero-order valence-electron chi connectivity index (χ0n) is 13.0. The summed E-state index contributed by atoms with van der Waals surface area (Å²) in [7, 11) is 0. The lowest BCUT2D eigenvalue weighted by molar-refractivity contribution is 0.290. The summed E-state index contributed by atoms with van der Waals surface area (Å²) >= 11 is 0. The van der Waals surface area contributed by atoms with Crippen molar-refractivity contribution >= 4 is 5.82 Å². The summed E-state index contributed by atoms with van der Waals surface area (Å²) in [6.45, 7) is 7.61. The van der Waals surface area contributed by atoms with Gasteiger partial charge in [0.25, 0.3) is 0 Å². The van der Waals surface area contributed by atoms with E-state index in [-0.39, 0.29) is 0 Å². The molecule has 0 aliphatic carbocycles. The first kappa shape index (κ1) is 15.3. The summed E-state index contributed by atoms with van der Waals surface area (Å²) in [5.74, 6) is 2.36. The number of hydrogen-bond acceptors (Lipinski definition) is 4. The van der Waals surface area contributed by atoms with Crippen molar-refractivity contribution in [2.45, 2.75) is 40.2 Å². The quantitative estimate of drug-likeness (QED) is 0.841. The molecule has 0 atom stereocenters. The Morgan fingerprint density at radius 1 is 1.10 bits per heavy atom. The van der Waals surface area contributed by atoms with Crippen molar-refractivity contribution in [1.29, 1.82) is 0 Å². The van der Waals surface area contributed by atoms with Crippen molar-refractivity contribution in [1.82, 2.24) is 9.97 Å². The second-order valence-corrected chi connectivity index (χ2v) is 4.97. The van der Waals surface area contributed by atoms with Gasteiger partial charge in [0.1, 0.15) is 18.2 Å². The number of rotatable bonds is 7. The monoisotopic (exact) mass is 285 g/mol. The molecule has 0 bridgehead atoms. The predicted molar refractivity (Wildman–Crippen MR) is 85.7 cm³/mol. The normalized spacial score (nSPS) is 10.4. The van der Waals surface area contributed by atoms with Crippen molar-refractivity contribution in [3.05, 3.63) is 47.3 Å². The van der Waals surface area contributed by atoms with Crippen LogP contribution in [0.5, 0.6) is 5.88 Å². The molecule has 0 saturated carbocycles. The number of aromatic nitrogens is 2. The fraction of sp³-hybridized carbons (Fsp3) is 0.412. The molecule has 0 radical (unpaired) electrons. The van der Waals surface area contributed by atoms with Crippen LogP contribution in [0.2, 0.25) is 0 Å². The highest BCUT2D eigenvalue weighted by Crippen LogP contribution is 2.23. The second-order valence-electron chi connectivity index (χ2n) is 4.97. The molecule has 4 nitrogen and oxygen atoms in total. The first-order valence-corrected chi connectivity index (χ1v) is 7.52. The Balaban J connectivity index is 2.17. The van der Waals surface area contributed by atoms with Gasteiger partial charge in [0, 0.05) is 13.0 Å². The highest BCUT2D eigenvalue weighted by atomic mass is 16.5. The van der Waals surface area contributed by atoms with Crippen LogP contribution in [0.4, 0.5) is 5.82 Å². The summed E-state index contributed by atoms with van der Waals surface area (Å²) in [5, 5.41) is 3.34. The average Bonchev–Trinajstić information content (AvgIpc) is 2.53. The minimum absolute atomic E-state index is 0.523. The number of aryl methyl sites for hydroxylation is 1. The summed E-state index contributed by atoms with van der Waals surface area (Å²) < 4.78 is 5.89. The lowest BCUT2D eigenvalue weighted by atomic mass is 10.2. The molecule has 2 rings (SSSR count). The summed E-state index contributed by atoms with van der Waals surface area (Å²) in [6.07, 6.45) is 1.86. The van der Waals surface area contributed by atoms with Crippen LogP contribution in [0.3, 0.4) is 0 Å². The molecular weight excluding hydrogens is 262 g/mol. The Hall–Kier alpha value is -2.10. The molecule has 112 valence electrons. The Morgan fingerprint density at radius 3 is 2.52 bits per heavy atom. The van der Waals surface area contributed by atoms with Gasteiger partial charge in [-0.2, -0.15) is 4.98 Å². The molecule has 0 spiro atoms. The Labute approximate surface area is 126 Å². The van der Waals surface area contributed by atoms with E-state index in [1.54, 1.807) is 0 Å². The molecule has 1 aromatic carbocycles. The van der Waals surface area contributed by atoms with Gasteiger partial charge >= 0.3 is 0 Å². The fourth-order valence-electron chi connectivity index (χ4n) is 1.98. The van der Waals surface area contributed by atoms with E-state index in [0.29, 0.717) is 12.5 Å². The molecule has 1 N–H and O–H groups in total. The molecule has 0 fully saturated rings. The Kier molecular flexibility index (Phi) is 5.55. The van der Waals surface area contributed by atoms with Gasteiger partial charge in [-0.15, -0.1) is 0 Å². The smallest absolute Gasteiger partial charge is 0.222 e. The van der Waals surface area contributed by atoms with Crippen LogP contribution in [0.25, 0.3) is 0 Å². The van der Waals surface area contributed by atoms with E-state index in [1.807, 2.05) is 37.3 Å². The summed E-state index contributed by atoms with van der Waals surface area (Å²) in [6, 6.07) is 10.1. The third kappa shape index (κ3) is 4.18. The van der Waals surface area contributed by atoms with Gasteiger partial charge in [-0.3, -0.25) is 0 Å². The topological polar surface area (TPSA) is 47.0 Å². The van der Waals surface area contributed by atoms with Crippen molar-refractivity contribution in [3.63, 3.8) is 0 Å². The molecule has 1 aromatic heterocycles. The van der Waals surface area contributed by atoms with Gasteiger partial charge in [-0.05, 0) is 18.9 Å². The molecule has 0 aliphatic rings. The van der Waals surface area contributed by atoms with E-state index < -0.39 is 0 Å². The molecule has 0 amide bonds. The predicted octanol–water partition coefficient (Wildman–Crippen LogP) is 3.75. The minimum Gasteiger partial charge on any atom is -0.472 e. The van der Waals surface area contributed by atoms with Gasteiger partial charge in [0.15, 0.2) is 0 Å². The van der Waals surface area contributed by atoms with Gasteiger partial charge in [-0.1, -0.05) is 44.2 Å². The number of anilines is 1. The third-order valence-electron chi connectivity index (χ3n) is 3.22. The maximum atomic E-state index is 5.89. The van der Waals surface area contributed by atoms with E-state index in [2.05, 4.69) is 29.1 Å². The van der Waals surface area contributed by atoms with Crippen LogP contribution in [0.1, 0.15) is 37.2 Å². The van der Waals surface area contributed by atoms with Crippen LogP contribution in [-0.2, 0) is 13.0 Å². The van der Waals surface area contributed by atoms with E-state index in [0.717, 1.165) is 42.2 Å². The average molecular weight is 285 g/mol. The highest BCUT2D eigenvalue weighted by molar-refractivity contribution is 5.48. The molecule has 0 saturated heterocycles. The first-order chi connectivity index (χ1) is 10.2. The summed E-state index contributed by atoms with van der Waals surface area (Å²) in [5.41, 5.74) is 2.10. The van der Waals surface area contributed by atoms with E-state index in [1.165, 1.54) is 0 Å². The van der Waals surface area contributed by atoms with Crippen molar-refractivity contribution < 1.29 is 4.74 Å². The van der Waals surface area contributed by atoms with Gasteiger partial charge < -0.3 is 10.1 Å². The number of benzene rings is 1. The van der Waals surface area contributed by atoms with Crippen LogP contribution in [0, 0.1) is 6.92 Å². The van der Waals surface area contributed by atoms with Crippen LogP contribution < -0.4 is 10.1 Å². The van der Waals surface area contributed by atoms with E-state index in [4.69, 9.17) is 4.74 Å². The number of nitrogens with zero attached hydrogens (tertiary/aromatic N) is 2. The van der Waals surface area contributed by atoms with Crippen molar-refractivity contribution in [2.24, 2.45) is 0 Å². The zero-order valence-corrected chi connectivity index (χ0v) is 13.0. The maximum Gasteiger partial charge on any atom is 0.222 e. The summed E-state index contributed by atoms with van der Waals surface area (Å²) in [4.78, 5) is 9.04. The van der Waals surface area contributed by atoms with Crippen LogP contribution >= 0.6 is 0 Å². The van der Waals surface area contributed by atoms with Crippen molar-refractivity contribution in [2.75, 3.05) is 11.9 Å². The molecule has 0 aliphatic heterocycles. The van der Waals surface area contributed by atoms with Gasteiger partial charge in [0.05, 0.1) is 5.56 Å². The standard InChI is InChI=1S/C17H23N3O/c1-4-11-18-16-13(3)17(20-15(5-2)19-16)21-12-14-9-7-6-8-10-14/h6-10H,4-5,11-12H2,1-3H3,(H,18,19,20). The second kappa shape index (κ2) is 7.62. The number of nitrogens with one attached hydrogen (secondary N) is 1. The largest absolute Gasteiger partial charge is 0.472 e. The zero-order chi connectivity index (χ0) is 15.1. The Bertz CT molecular complexity index is 570. The number of ether oxygens (including phenoxy) is 1. The van der Waals surface area contributed by atoms with Gasteiger partial charge in [0.2, 0.25) is 5.88 Å². The highest BCUT2D eigenvalue weighted by Gasteiger charge is 2.11. The lowest BCUT2D eigenvalue weighted by Gasteiger charge is -2.14. The van der Waals surface area contributed by atoms with Crippen LogP contribution in [0.15, 0.2) is 30.3 Å². The maximum absolute atomic E-state index is 5.89. The molecule has 4 heteroatoms.